The van der Waals surface area contributed by atoms with Crippen LogP contribution in [0.3, 0.4) is 0 Å². The Balaban J connectivity index is 1.19. The first kappa shape index (κ1) is 33.5. The van der Waals surface area contributed by atoms with E-state index in [0.29, 0.717) is 0 Å². The Bertz CT molecular complexity index is 2700. The summed E-state index contributed by atoms with van der Waals surface area (Å²) in [6.07, 6.45) is 15.9. The number of allylic oxidation sites excluding steroid dienone is 9. The Morgan fingerprint density at radius 2 is 1.65 bits per heavy atom. The molecular formula is C51H43N3. The molecule has 54 heavy (non-hydrogen) atoms. The molecule has 1 atom stereocenters. The third-order valence-electron chi connectivity index (χ3n) is 11.5. The Kier molecular flexibility index (Phi) is 8.23. The normalized spacial score (nSPS) is 17.3. The Morgan fingerprint density at radius 3 is 2.50 bits per heavy atom. The minimum atomic E-state index is -0.377. The van der Waals surface area contributed by atoms with Gasteiger partial charge in [-0.3, -0.25) is 4.57 Å². The Hall–Kier alpha value is -6.32. The van der Waals surface area contributed by atoms with Crippen LogP contribution in [0.2, 0.25) is 0 Å². The minimum absolute atomic E-state index is 0.377. The van der Waals surface area contributed by atoms with E-state index in [4.69, 9.17) is 9.98 Å². The lowest BCUT2D eigenvalue weighted by molar-refractivity contribution is 0.778. The highest BCUT2D eigenvalue weighted by Crippen LogP contribution is 2.63. The maximum absolute atomic E-state index is 5.27. The molecule has 1 heterocycles. The summed E-state index contributed by atoms with van der Waals surface area (Å²) in [4.78, 5) is 10.4. The molecule has 9 rings (SSSR count). The zero-order chi connectivity index (χ0) is 37.0. The summed E-state index contributed by atoms with van der Waals surface area (Å²) in [5.74, 6) is 1.65. The van der Waals surface area contributed by atoms with Crippen LogP contribution in [-0.4, -0.2) is 15.4 Å². The number of hydrogen-bond acceptors (Lipinski definition) is 2. The molecule has 0 fully saturated rings. The van der Waals surface area contributed by atoms with Crippen molar-refractivity contribution in [2.24, 2.45) is 4.99 Å². The molecule has 3 nitrogen and oxygen atoms in total. The number of nitrogens with zero attached hydrogens (tertiary/aromatic N) is 3. The smallest absolute Gasteiger partial charge is 0.146 e. The topological polar surface area (TPSA) is 30.2 Å². The number of aryl methyl sites for hydroxylation is 1. The number of aliphatic imine (C=N–C) groups is 1. The standard InChI is InChI=1S/C51H43N3/c1-6-16-36(17-7-2)38-18-15-19-39(31-38)50-53-48-24-13-14-25-49(48)54(50)34(5)52-33(4)37-27-29-43-41-21-10-12-23-45(41)51(47(43)32-37)44-22-11-9-20-40(44)42-28-26-35(8-3)30-46(42)51/h6-7,10-19,21-32H,1,4,8-9,20H2,2-3,5H3/b17-7-,36-16+,52-34+. The molecule has 0 bridgehead atoms. The van der Waals surface area contributed by atoms with E-state index in [1.54, 1.807) is 0 Å². The van der Waals surface area contributed by atoms with Crippen molar-refractivity contribution in [3.8, 4) is 22.5 Å². The highest BCUT2D eigenvalue weighted by atomic mass is 15.1. The average Bonchev–Trinajstić information content (AvgIpc) is 3.85. The number of hydrogen-bond donors (Lipinski definition) is 0. The monoisotopic (exact) mass is 697 g/mol. The van der Waals surface area contributed by atoms with Crippen LogP contribution in [0, 0.1) is 0 Å². The van der Waals surface area contributed by atoms with Crippen LogP contribution >= 0.6 is 0 Å². The first-order valence-electron chi connectivity index (χ1n) is 19.0. The van der Waals surface area contributed by atoms with Crippen molar-refractivity contribution in [2.45, 2.75) is 45.4 Å². The minimum Gasteiger partial charge on any atom is -0.280 e. The molecule has 3 aliphatic carbocycles. The van der Waals surface area contributed by atoms with Crippen LogP contribution in [0.25, 0.3) is 50.4 Å². The lowest BCUT2D eigenvalue weighted by atomic mass is 9.68. The van der Waals surface area contributed by atoms with Crippen molar-refractivity contribution < 1.29 is 0 Å². The van der Waals surface area contributed by atoms with Crippen LogP contribution in [0.5, 0.6) is 0 Å². The van der Waals surface area contributed by atoms with Crippen molar-refractivity contribution in [3.63, 3.8) is 0 Å². The van der Waals surface area contributed by atoms with Gasteiger partial charge in [-0.2, -0.15) is 0 Å². The van der Waals surface area contributed by atoms with Gasteiger partial charge >= 0.3 is 0 Å². The van der Waals surface area contributed by atoms with Gasteiger partial charge in [0.15, 0.2) is 0 Å². The second-order valence-corrected chi connectivity index (χ2v) is 14.4. The number of aromatic nitrogens is 2. The first-order chi connectivity index (χ1) is 26.5. The molecule has 0 N–H and O–H groups in total. The van der Waals surface area contributed by atoms with E-state index < -0.39 is 0 Å². The summed E-state index contributed by atoms with van der Waals surface area (Å²) in [5.41, 5.74) is 18.8. The summed E-state index contributed by atoms with van der Waals surface area (Å²) in [7, 11) is 0. The van der Waals surface area contributed by atoms with Crippen molar-refractivity contribution >= 4 is 33.7 Å². The largest absolute Gasteiger partial charge is 0.280 e. The van der Waals surface area contributed by atoms with Gasteiger partial charge in [0, 0.05) is 5.56 Å². The van der Waals surface area contributed by atoms with Gasteiger partial charge in [-0.15, -0.1) is 0 Å². The van der Waals surface area contributed by atoms with Crippen molar-refractivity contribution in [1.29, 1.82) is 0 Å². The fourth-order valence-electron chi connectivity index (χ4n) is 9.11. The summed E-state index contributed by atoms with van der Waals surface area (Å²) < 4.78 is 2.17. The van der Waals surface area contributed by atoms with Gasteiger partial charge in [0.2, 0.25) is 0 Å². The van der Waals surface area contributed by atoms with Gasteiger partial charge in [0.05, 0.1) is 22.1 Å². The second-order valence-electron chi connectivity index (χ2n) is 14.4. The molecule has 3 aliphatic rings. The van der Waals surface area contributed by atoms with E-state index >= 15 is 0 Å². The maximum Gasteiger partial charge on any atom is 0.146 e. The van der Waals surface area contributed by atoms with E-state index in [-0.39, 0.29) is 5.41 Å². The van der Waals surface area contributed by atoms with E-state index in [1.165, 1.54) is 50.1 Å². The number of fused-ring (bicyclic) bond motifs is 10. The van der Waals surface area contributed by atoms with Crippen LogP contribution < -0.4 is 0 Å². The average molecular weight is 698 g/mol. The summed E-state index contributed by atoms with van der Waals surface area (Å²) in [6.45, 7) is 14.9. The lowest BCUT2D eigenvalue weighted by Crippen LogP contribution is -2.27. The molecule has 5 aromatic carbocycles. The first-order valence-corrected chi connectivity index (χ1v) is 19.0. The van der Waals surface area contributed by atoms with Gasteiger partial charge in [-0.1, -0.05) is 141 Å². The van der Waals surface area contributed by atoms with Gasteiger partial charge in [0.1, 0.15) is 11.7 Å². The van der Waals surface area contributed by atoms with Gasteiger partial charge < -0.3 is 0 Å². The molecule has 0 aliphatic heterocycles. The fourth-order valence-corrected chi connectivity index (χ4v) is 9.11. The fraction of sp³-hybridized carbons (Fsp3) is 0.137. The van der Waals surface area contributed by atoms with Gasteiger partial charge in [0.25, 0.3) is 0 Å². The van der Waals surface area contributed by atoms with E-state index in [9.17, 15) is 0 Å². The van der Waals surface area contributed by atoms with Crippen molar-refractivity contribution in [3.05, 3.63) is 203 Å². The van der Waals surface area contributed by atoms with Gasteiger partial charge in [-0.25, -0.2) is 9.98 Å². The molecule has 0 saturated heterocycles. The second kappa shape index (κ2) is 13.3. The van der Waals surface area contributed by atoms with E-state index in [0.717, 1.165) is 69.9 Å². The predicted molar refractivity (Wildman–Crippen MR) is 229 cm³/mol. The predicted octanol–water partition coefficient (Wildman–Crippen LogP) is 12.8. The number of para-hydroxylation sites is 2. The van der Waals surface area contributed by atoms with Gasteiger partial charge in [-0.05, 0) is 124 Å². The molecule has 0 radical (unpaired) electrons. The van der Waals surface area contributed by atoms with Crippen molar-refractivity contribution in [2.75, 3.05) is 0 Å². The summed E-state index contributed by atoms with van der Waals surface area (Å²) in [5, 5.41) is 0. The zero-order valence-electron chi connectivity index (χ0n) is 31.2. The molecule has 6 aromatic rings. The molecule has 0 saturated carbocycles. The van der Waals surface area contributed by atoms with Crippen LogP contribution in [0.1, 0.15) is 72.6 Å². The molecular weight excluding hydrogens is 655 g/mol. The third-order valence-corrected chi connectivity index (χ3v) is 11.5. The maximum atomic E-state index is 5.27. The highest BCUT2D eigenvalue weighted by molar-refractivity contribution is 6.00. The summed E-state index contributed by atoms with van der Waals surface area (Å²) in [6, 6.07) is 39.9. The molecule has 1 spiro atoms. The lowest BCUT2D eigenvalue weighted by Gasteiger charge is -2.32. The van der Waals surface area contributed by atoms with Crippen LogP contribution in [-0.2, 0) is 11.8 Å². The van der Waals surface area contributed by atoms with Crippen molar-refractivity contribution in [1.82, 2.24) is 9.55 Å². The highest BCUT2D eigenvalue weighted by Gasteiger charge is 2.52. The van der Waals surface area contributed by atoms with Crippen LogP contribution in [0.15, 0.2) is 169 Å². The molecule has 0 amide bonds. The zero-order valence-corrected chi connectivity index (χ0v) is 31.2. The quantitative estimate of drug-likeness (QED) is 0.0928. The third kappa shape index (κ3) is 5.03. The Labute approximate surface area is 318 Å². The Morgan fingerprint density at radius 1 is 0.852 bits per heavy atom. The van der Waals surface area contributed by atoms with Crippen LogP contribution in [0.4, 0.5) is 0 Å². The number of rotatable bonds is 7. The van der Waals surface area contributed by atoms with E-state index in [2.05, 4.69) is 159 Å². The molecule has 262 valence electrons. The molecule has 3 heteroatoms. The number of benzene rings is 5. The molecule has 1 unspecified atom stereocenters. The summed E-state index contributed by atoms with van der Waals surface area (Å²) >= 11 is 0. The SMILES string of the molecule is C=C/C=C(\C=C/C)c1cccc(-c2nc3ccccc3n2/C(C)=N/C(=C)c2ccc3c(c2)C2(C4=C(CCC=C4)c4ccc(CC)cc42)c2ccccc2-3)c1. The molecule has 1 aromatic heterocycles. The van der Waals surface area contributed by atoms with E-state index in [1.807, 2.05) is 25.1 Å². The number of imidazole rings is 1.